The molecule has 3 aliphatic rings. The van der Waals surface area contributed by atoms with Gasteiger partial charge in [-0.25, -0.2) is 0 Å². The Hall–Kier alpha value is -1.26. The Morgan fingerprint density at radius 2 is 1.08 bits per heavy atom. The lowest BCUT2D eigenvalue weighted by atomic mass is 10.2. The number of piperazine rings is 1. The van der Waals surface area contributed by atoms with E-state index in [0.717, 1.165) is 26.2 Å². The van der Waals surface area contributed by atoms with Crippen LogP contribution in [-0.2, 0) is 0 Å². The van der Waals surface area contributed by atoms with E-state index in [1.165, 1.54) is 45.3 Å². The van der Waals surface area contributed by atoms with Gasteiger partial charge in [-0.2, -0.15) is 0 Å². The number of rotatable bonds is 6. The molecule has 0 unspecified atom stereocenters. The van der Waals surface area contributed by atoms with Gasteiger partial charge < -0.3 is 9.80 Å². The lowest BCUT2D eigenvalue weighted by Crippen LogP contribution is -2.41. The van der Waals surface area contributed by atoms with Gasteiger partial charge in [-0.3, -0.25) is 0 Å². The third-order valence-corrected chi connectivity index (χ3v) is 7.38. The van der Waals surface area contributed by atoms with Crippen LogP contribution in [0.4, 0.5) is 0 Å². The van der Waals surface area contributed by atoms with E-state index in [9.17, 15) is 0 Å². The maximum absolute atomic E-state index is 2.41. The van der Waals surface area contributed by atoms with Crippen molar-refractivity contribution < 1.29 is 0 Å². The van der Waals surface area contributed by atoms with Crippen molar-refractivity contribution in [3.63, 3.8) is 0 Å². The first-order valence-corrected chi connectivity index (χ1v) is 11.5. The Bertz CT molecular complexity index is 602. The molecule has 2 nitrogen and oxygen atoms in total. The van der Waals surface area contributed by atoms with Crippen molar-refractivity contribution >= 4 is 23.5 Å². The second-order valence-electron chi connectivity index (χ2n) is 6.96. The highest BCUT2D eigenvalue weighted by Gasteiger charge is 2.11. The average Bonchev–Trinajstić information content (AvgIpc) is 3.25. The van der Waals surface area contributed by atoms with Crippen LogP contribution in [0.1, 0.15) is 26.7 Å². The zero-order chi connectivity index (χ0) is 18.2. The van der Waals surface area contributed by atoms with E-state index in [2.05, 4.69) is 72.5 Å². The molecule has 0 aromatic carbocycles. The summed E-state index contributed by atoms with van der Waals surface area (Å²) in [6.45, 7) is 8.86. The molecule has 0 radical (unpaired) electrons. The first-order chi connectivity index (χ1) is 12.7. The van der Waals surface area contributed by atoms with Crippen LogP contribution >= 0.6 is 23.5 Å². The molecule has 0 atom stereocenters. The van der Waals surface area contributed by atoms with Crippen molar-refractivity contribution in [1.29, 1.82) is 0 Å². The first kappa shape index (κ1) is 19.5. The van der Waals surface area contributed by atoms with Gasteiger partial charge in [-0.05, 0) is 63.4 Å². The fourth-order valence-corrected chi connectivity index (χ4v) is 5.47. The SMILES string of the molecule is CC1=C(/C=C/C=C/N2CCN(/C=C/C=C/C3=C(C)CCS3)CC2)SCC1. The monoisotopic (exact) mass is 386 g/mol. The second kappa shape index (κ2) is 10.2. The summed E-state index contributed by atoms with van der Waals surface area (Å²) in [5.74, 6) is 2.49. The Morgan fingerprint density at radius 3 is 1.42 bits per heavy atom. The number of thioether (sulfide) groups is 2. The fourth-order valence-electron chi connectivity index (χ4n) is 3.17. The standard InChI is InChI=1S/C22H30N2S2/c1-19-9-17-25-21(19)7-3-5-11-23-13-15-24(16-14-23)12-6-4-8-22-20(2)10-18-26-22/h3-8,11-12H,9-10,13-18H2,1-2H3/b7-3+,8-4+,11-5+,12-6+. The third-order valence-electron chi connectivity index (χ3n) is 4.97. The molecule has 3 rings (SSSR count). The predicted molar refractivity (Wildman–Crippen MR) is 119 cm³/mol. The minimum Gasteiger partial charge on any atom is -0.374 e. The molecule has 0 spiro atoms. The minimum atomic E-state index is 1.09. The number of hydrogen-bond donors (Lipinski definition) is 0. The van der Waals surface area contributed by atoms with E-state index in [4.69, 9.17) is 0 Å². The average molecular weight is 387 g/mol. The van der Waals surface area contributed by atoms with Gasteiger partial charge in [-0.1, -0.05) is 23.3 Å². The molecule has 0 saturated carbocycles. The summed E-state index contributed by atoms with van der Waals surface area (Å²) < 4.78 is 0. The summed E-state index contributed by atoms with van der Waals surface area (Å²) in [7, 11) is 0. The van der Waals surface area contributed by atoms with Crippen molar-refractivity contribution in [2.45, 2.75) is 26.7 Å². The topological polar surface area (TPSA) is 6.48 Å². The van der Waals surface area contributed by atoms with Crippen molar-refractivity contribution in [3.05, 3.63) is 69.8 Å². The Labute approximate surface area is 167 Å². The van der Waals surface area contributed by atoms with E-state index in [-0.39, 0.29) is 0 Å². The number of allylic oxidation sites excluding steroid dienone is 8. The molecule has 3 aliphatic heterocycles. The molecule has 0 N–H and O–H groups in total. The molecule has 0 bridgehead atoms. The normalized spacial score (nSPS) is 22.7. The van der Waals surface area contributed by atoms with Gasteiger partial charge in [0.1, 0.15) is 0 Å². The van der Waals surface area contributed by atoms with Gasteiger partial charge in [0.25, 0.3) is 0 Å². The largest absolute Gasteiger partial charge is 0.374 e. The van der Waals surface area contributed by atoms with E-state index in [0.29, 0.717) is 0 Å². The first-order valence-electron chi connectivity index (χ1n) is 9.55. The quantitative estimate of drug-likeness (QED) is 0.551. The van der Waals surface area contributed by atoms with Crippen molar-refractivity contribution in [2.24, 2.45) is 0 Å². The highest BCUT2D eigenvalue weighted by molar-refractivity contribution is 8.03. The molecule has 3 heterocycles. The van der Waals surface area contributed by atoms with Gasteiger partial charge in [0.05, 0.1) is 0 Å². The molecule has 140 valence electrons. The molecule has 0 amide bonds. The molecule has 0 aromatic heterocycles. The van der Waals surface area contributed by atoms with E-state index in [1.54, 1.807) is 0 Å². The summed E-state index contributed by atoms with van der Waals surface area (Å²) >= 11 is 3.95. The smallest absolute Gasteiger partial charge is 0.0349 e. The molecular weight excluding hydrogens is 356 g/mol. The highest BCUT2D eigenvalue weighted by atomic mass is 32.2. The zero-order valence-electron chi connectivity index (χ0n) is 16.0. The van der Waals surface area contributed by atoms with Crippen molar-refractivity contribution in [2.75, 3.05) is 37.7 Å². The van der Waals surface area contributed by atoms with E-state index in [1.807, 2.05) is 23.5 Å². The molecule has 0 aromatic rings. The van der Waals surface area contributed by atoms with Gasteiger partial charge in [0.15, 0.2) is 0 Å². The van der Waals surface area contributed by atoms with Gasteiger partial charge in [-0.15, -0.1) is 23.5 Å². The summed E-state index contributed by atoms with van der Waals surface area (Å²) in [6, 6.07) is 0. The minimum absolute atomic E-state index is 1.09. The predicted octanol–water partition coefficient (Wildman–Crippen LogP) is 5.57. The highest BCUT2D eigenvalue weighted by Crippen LogP contribution is 2.32. The molecule has 1 saturated heterocycles. The number of nitrogens with zero attached hydrogens (tertiary/aromatic N) is 2. The van der Waals surface area contributed by atoms with Crippen LogP contribution in [0.25, 0.3) is 0 Å². The molecular formula is C22H30N2S2. The van der Waals surface area contributed by atoms with Crippen LogP contribution in [0, 0.1) is 0 Å². The fraction of sp³-hybridized carbons (Fsp3) is 0.455. The molecule has 0 aliphatic carbocycles. The molecule has 26 heavy (non-hydrogen) atoms. The summed E-state index contributed by atoms with van der Waals surface area (Å²) in [4.78, 5) is 7.74. The Morgan fingerprint density at radius 1 is 0.654 bits per heavy atom. The van der Waals surface area contributed by atoms with Crippen LogP contribution in [0.3, 0.4) is 0 Å². The van der Waals surface area contributed by atoms with Crippen LogP contribution in [0.2, 0.25) is 0 Å². The van der Waals surface area contributed by atoms with E-state index >= 15 is 0 Å². The maximum atomic E-state index is 2.41. The second-order valence-corrected chi connectivity index (χ2v) is 9.23. The van der Waals surface area contributed by atoms with Crippen LogP contribution in [-0.4, -0.2) is 47.5 Å². The zero-order valence-corrected chi connectivity index (χ0v) is 17.6. The third kappa shape index (κ3) is 5.88. The van der Waals surface area contributed by atoms with Gasteiger partial charge in [0.2, 0.25) is 0 Å². The van der Waals surface area contributed by atoms with Gasteiger partial charge in [0, 0.05) is 47.5 Å². The van der Waals surface area contributed by atoms with Crippen LogP contribution in [0.15, 0.2) is 69.8 Å². The lowest BCUT2D eigenvalue weighted by Gasteiger charge is -2.33. The van der Waals surface area contributed by atoms with Crippen molar-refractivity contribution in [3.8, 4) is 0 Å². The van der Waals surface area contributed by atoms with E-state index < -0.39 is 0 Å². The van der Waals surface area contributed by atoms with Crippen LogP contribution < -0.4 is 0 Å². The summed E-state index contributed by atoms with van der Waals surface area (Å²) in [6.07, 6.45) is 20.2. The molecule has 4 heteroatoms. The van der Waals surface area contributed by atoms with Crippen LogP contribution in [0.5, 0.6) is 0 Å². The summed E-state index contributed by atoms with van der Waals surface area (Å²) in [5, 5.41) is 0. The Balaban J connectivity index is 1.37. The van der Waals surface area contributed by atoms with Crippen molar-refractivity contribution in [1.82, 2.24) is 9.80 Å². The van der Waals surface area contributed by atoms with Gasteiger partial charge >= 0.3 is 0 Å². The lowest BCUT2D eigenvalue weighted by molar-refractivity contribution is 0.218. The Kier molecular flexibility index (Phi) is 7.63. The summed E-state index contributed by atoms with van der Waals surface area (Å²) in [5.41, 5.74) is 3.07. The molecule has 1 fully saturated rings. The number of hydrogen-bond acceptors (Lipinski definition) is 4. The maximum Gasteiger partial charge on any atom is 0.0349 e.